The predicted octanol–water partition coefficient (Wildman–Crippen LogP) is 1.17. The summed E-state index contributed by atoms with van der Waals surface area (Å²) in [5, 5.41) is 54.6. The molecule has 6 N–H and O–H groups in total. The van der Waals surface area contributed by atoms with Gasteiger partial charge in [0, 0.05) is 11.7 Å². The zero-order valence-corrected chi connectivity index (χ0v) is 22.0. The van der Waals surface area contributed by atoms with Gasteiger partial charge in [-0.25, -0.2) is 4.79 Å². The van der Waals surface area contributed by atoms with Gasteiger partial charge in [0.2, 0.25) is 5.91 Å². The number of aliphatic hydroxyl groups is 4. The van der Waals surface area contributed by atoms with Crippen LogP contribution in [0.5, 0.6) is 5.75 Å². The number of carbonyl (C=O) groups excluding carboxylic acids is 2. The number of aliphatic hydroxyl groups excluding tert-OH is 4. The van der Waals surface area contributed by atoms with E-state index in [1.54, 1.807) is 12.1 Å². The fraction of sp³-hybridized carbons (Fsp3) is 0.692. The van der Waals surface area contributed by atoms with Gasteiger partial charge in [-0.15, -0.1) is 11.8 Å². The number of hydrogen-bond acceptors (Lipinski definition) is 10. The highest BCUT2D eigenvalue weighted by Crippen LogP contribution is 2.35. The van der Waals surface area contributed by atoms with E-state index in [9.17, 15) is 35.1 Å². The number of phenols is 1. The number of para-hydroxylation sites is 1. The van der Waals surface area contributed by atoms with Crippen molar-refractivity contribution in [3.05, 3.63) is 29.8 Å². The van der Waals surface area contributed by atoms with Gasteiger partial charge in [-0.2, -0.15) is 0 Å². The van der Waals surface area contributed by atoms with Gasteiger partial charge >= 0.3 is 5.97 Å². The first-order valence-corrected chi connectivity index (χ1v) is 13.9. The maximum Gasteiger partial charge on any atom is 0.341 e. The first-order valence-electron chi connectivity index (χ1n) is 12.9. The molecule has 0 aromatic heterocycles. The monoisotopic (exact) mass is 541 g/mol. The molecule has 1 aromatic rings. The lowest BCUT2D eigenvalue weighted by Crippen LogP contribution is -2.65. The summed E-state index contributed by atoms with van der Waals surface area (Å²) in [6.45, 7) is 3.52. The van der Waals surface area contributed by atoms with Crippen molar-refractivity contribution in [2.45, 2.75) is 87.9 Å². The molecule has 9 atom stereocenters. The van der Waals surface area contributed by atoms with Gasteiger partial charge in [0.1, 0.15) is 47.8 Å². The van der Waals surface area contributed by atoms with E-state index in [4.69, 9.17) is 9.47 Å². The fourth-order valence-electron chi connectivity index (χ4n) is 5.07. The van der Waals surface area contributed by atoms with Crippen LogP contribution in [0.1, 0.15) is 56.3 Å². The Hall–Kier alpha value is -1.89. The second kappa shape index (κ2) is 13.8. The molecule has 1 aromatic carbocycles. The number of carbonyl (C=O) groups is 2. The summed E-state index contributed by atoms with van der Waals surface area (Å²) < 4.78 is 11.1. The Morgan fingerprint density at radius 3 is 2.57 bits per heavy atom. The Balaban J connectivity index is 1.57. The van der Waals surface area contributed by atoms with E-state index in [1.165, 1.54) is 19.1 Å². The molecule has 37 heavy (non-hydrogen) atoms. The molecule has 1 aliphatic carbocycles. The number of thioether (sulfide) groups is 1. The van der Waals surface area contributed by atoms with Gasteiger partial charge in [-0.3, -0.25) is 4.79 Å². The van der Waals surface area contributed by atoms with E-state index in [2.05, 4.69) is 12.2 Å². The van der Waals surface area contributed by atoms with Crippen molar-refractivity contribution in [3.63, 3.8) is 0 Å². The zero-order valence-electron chi connectivity index (χ0n) is 21.2. The van der Waals surface area contributed by atoms with E-state index in [0.29, 0.717) is 5.92 Å². The maximum atomic E-state index is 13.0. The van der Waals surface area contributed by atoms with Crippen molar-refractivity contribution < 1.29 is 44.6 Å². The summed E-state index contributed by atoms with van der Waals surface area (Å²) in [7, 11) is 0. The molecule has 1 saturated heterocycles. The quantitative estimate of drug-likeness (QED) is 0.177. The normalized spacial score (nSPS) is 31.5. The van der Waals surface area contributed by atoms with Crippen molar-refractivity contribution in [2.24, 2.45) is 11.8 Å². The number of aromatic hydroxyl groups is 1. The number of esters is 1. The van der Waals surface area contributed by atoms with Crippen molar-refractivity contribution in [1.29, 1.82) is 0 Å². The molecular formula is C26H39NO9S. The highest BCUT2D eigenvalue weighted by molar-refractivity contribution is 7.99. The van der Waals surface area contributed by atoms with Gasteiger partial charge in [0.05, 0.1) is 12.1 Å². The highest BCUT2D eigenvalue weighted by atomic mass is 32.2. The van der Waals surface area contributed by atoms with Crippen molar-refractivity contribution >= 4 is 23.6 Å². The molecule has 1 aliphatic heterocycles. The van der Waals surface area contributed by atoms with E-state index < -0.39 is 48.0 Å². The van der Waals surface area contributed by atoms with Crippen LogP contribution < -0.4 is 5.32 Å². The predicted molar refractivity (Wildman–Crippen MR) is 137 cm³/mol. The van der Waals surface area contributed by atoms with Crippen LogP contribution in [0.25, 0.3) is 0 Å². The topological polar surface area (TPSA) is 166 Å². The van der Waals surface area contributed by atoms with Crippen molar-refractivity contribution in [2.75, 3.05) is 12.4 Å². The Morgan fingerprint density at radius 2 is 1.89 bits per heavy atom. The number of nitrogens with one attached hydrogen (secondary N) is 1. The smallest absolute Gasteiger partial charge is 0.341 e. The molecule has 1 heterocycles. The first-order chi connectivity index (χ1) is 17.6. The van der Waals surface area contributed by atoms with Gasteiger partial charge in [-0.05, 0) is 44.2 Å². The summed E-state index contributed by atoms with van der Waals surface area (Å²) in [5.74, 6) is -0.625. The van der Waals surface area contributed by atoms with E-state index in [1.807, 2.05) is 0 Å². The maximum absolute atomic E-state index is 13.0. The molecule has 1 amide bonds. The first kappa shape index (κ1) is 29.7. The number of benzene rings is 1. The lowest BCUT2D eigenvalue weighted by Gasteiger charge is -2.44. The third-order valence-corrected chi connectivity index (χ3v) is 8.24. The van der Waals surface area contributed by atoms with E-state index in [-0.39, 0.29) is 35.5 Å². The van der Waals surface area contributed by atoms with E-state index >= 15 is 0 Å². The van der Waals surface area contributed by atoms with Gasteiger partial charge < -0.3 is 40.3 Å². The average molecular weight is 542 g/mol. The Morgan fingerprint density at radius 1 is 1.16 bits per heavy atom. The standard InChI is InChI=1S/C26H39NO9S/c1-3-6-15-9-10-16(13-15)24(33)27-19(14(2)28)23-21(31)20(30)22(32)26(36-23)37-12-11-35-25(34)17-7-4-5-8-18(17)29/h4-5,7-8,14-16,19-23,26,28-32H,3,6,9-13H2,1-2H3,(H,27,33)/t14-,15+,16+,19-,20+,21-,22-,23-,26-/m1/s1. The molecule has 0 radical (unpaired) electrons. The van der Waals surface area contributed by atoms with E-state index in [0.717, 1.165) is 43.9 Å². The van der Waals surface area contributed by atoms with Crippen LogP contribution in [-0.4, -0.2) is 91.8 Å². The summed E-state index contributed by atoms with van der Waals surface area (Å²) in [6.07, 6.45) is -2.17. The third-order valence-electron chi connectivity index (χ3n) is 7.12. The van der Waals surface area contributed by atoms with Crippen LogP contribution >= 0.6 is 11.8 Å². The Bertz CT molecular complexity index is 901. The highest BCUT2D eigenvalue weighted by Gasteiger charge is 2.48. The van der Waals surface area contributed by atoms with Gasteiger partial charge in [0.15, 0.2) is 0 Å². The summed E-state index contributed by atoms with van der Waals surface area (Å²) >= 11 is 1.06. The zero-order chi connectivity index (χ0) is 27.1. The van der Waals surface area contributed by atoms with Crippen LogP contribution in [0.15, 0.2) is 24.3 Å². The second-order valence-electron chi connectivity index (χ2n) is 9.90. The van der Waals surface area contributed by atoms with Gasteiger partial charge in [0.25, 0.3) is 0 Å². The number of hydrogen-bond donors (Lipinski definition) is 6. The van der Waals surface area contributed by atoms with Crippen LogP contribution in [0, 0.1) is 11.8 Å². The molecule has 3 rings (SSSR count). The molecular weight excluding hydrogens is 502 g/mol. The Labute approximate surface area is 221 Å². The number of ether oxygens (including phenoxy) is 2. The number of rotatable bonds is 11. The molecule has 0 spiro atoms. The van der Waals surface area contributed by atoms with Crippen molar-refractivity contribution in [1.82, 2.24) is 5.32 Å². The third kappa shape index (κ3) is 7.58. The fourth-order valence-corrected chi connectivity index (χ4v) is 6.05. The molecule has 2 aliphatic rings. The van der Waals surface area contributed by atoms with Crippen LogP contribution in [0.3, 0.4) is 0 Å². The number of amides is 1. The minimum Gasteiger partial charge on any atom is -0.507 e. The minimum absolute atomic E-state index is 0.0267. The summed E-state index contributed by atoms with van der Waals surface area (Å²) in [6, 6.07) is 4.98. The van der Waals surface area contributed by atoms with Crippen LogP contribution in [-0.2, 0) is 14.3 Å². The van der Waals surface area contributed by atoms with Crippen LogP contribution in [0.4, 0.5) is 0 Å². The van der Waals surface area contributed by atoms with Crippen molar-refractivity contribution in [3.8, 4) is 5.75 Å². The number of phenolic OH excluding ortho intramolecular Hbond substituents is 1. The minimum atomic E-state index is -1.57. The second-order valence-corrected chi connectivity index (χ2v) is 11.1. The lowest BCUT2D eigenvalue weighted by atomic mass is 9.91. The summed E-state index contributed by atoms with van der Waals surface area (Å²) in [5.41, 5.74) is -0.982. The molecule has 208 valence electrons. The average Bonchev–Trinajstić information content (AvgIpc) is 3.34. The SMILES string of the molecule is CCC[C@H]1CC[C@H](C(=O)N[C@@H]([C@H]2O[C@H](SCCOC(=O)c3ccccc3O)[C@H](O)[C@@H](O)[C@H]2O)[C@@H](C)O)C1. The molecule has 11 heteroatoms. The molecule has 10 nitrogen and oxygen atoms in total. The summed E-state index contributed by atoms with van der Waals surface area (Å²) in [4.78, 5) is 25.1. The lowest BCUT2D eigenvalue weighted by molar-refractivity contribution is -0.211. The van der Waals surface area contributed by atoms with Gasteiger partial charge in [-0.1, -0.05) is 31.9 Å². The molecule has 1 saturated carbocycles. The molecule has 0 unspecified atom stereocenters. The molecule has 2 fully saturated rings. The molecule has 0 bridgehead atoms. The van der Waals surface area contributed by atoms with Crippen LogP contribution in [0.2, 0.25) is 0 Å². The largest absolute Gasteiger partial charge is 0.507 e. The Kier molecular flexibility index (Phi) is 11.0.